The molecule has 22 heteroatoms. The van der Waals surface area contributed by atoms with Gasteiger partial charge in [0.15, 0.2) is 22.1 Å². The highest BCUT2D eigenvalue weighted by Gasteiger charge is 2.22. The van der Waals surface area contributed by atoms with Gasteiger partial charge in [0.25, 0.3) is 16.7 Å². The minimum absolute atomic E-state index is 0.101. The van der Waals surface area contributed by atoms with Gasteiger partial charge in [-0.15, -0.1) is 0 Å². The highest BCUT2D eigenvalue weighted by atomic mass is 16.3. The number of nitrogens with zero attached hydrogens (tertiary/aromatic N) is 14. The molecule has 4 N–H and O–H groups in total. The van der Waals surface area contributed by atoms with Crippen molar-refractivity contribution >= 4 is 55.2 Å². The molecule has 0 aliphatic rings. The van der Waals surface area contributed by atoms with Crippen LogP contribution in [0.25, 0.3) is 129 Å². The van der Waals surface area contributed by atoms with Gasteiger partial charge in [0, 0.05) is 94.2 Å². The average Bonchev–Trinajstić information content (AvgIpc) is 4.30. The van der Waals surface area contributed by atoms with Crippen LogP contribution in [0.1, 0.15) is 0 Å². The Kier molecular flexibility index (Phi) is 8.69. The van der Waals surface area contributed by atoms with E-state index in [1.54, 1.807) is 86.5 Å². The number of benzene rings is 3. The molecule has 0 aliphatic heterocycles. The molecule has 0 fully saturated rings. The van der Waals surface area contributed by atoms with Crippen LogP contribution in [0, 0.1) is 0 Å². The third kappa shape index (κ3) is 6.36. The van der Waals surface area contributed by atoms with Crippen molar-refractivity contribution in [3.05, 3.63) is 179 Å². The lowest BCUT2D eigenvalue weighted by molar-refractivity contribution is 0.616. The molecule has 0 aliphatic carbocycles. The number of H-pyrrole nitrogens is 4. The van der Waals surface area contributed by atoms with Crippen molar-refractivity contribution in [3.63, 3.8) is 0 Å². The van der Waals surface area contributed by atoms with Crippen LogP contribution >= 0.6 is 0 Å². The summed E-state index contributed by atoms with van der Waals surface area (Å²) in [7, 11) is 0. The monoisotopic (exact) mass is 944 g/mol. The molecular formula is C50H28N18O4. The van der Waals surface area contributed by atoms with Crippen molar-refractivity contribution in [2.45, 2.75) is 0 Å². The van der Waals surface area contributed by atoms with Crippen molar-refractivity contribution in [2.75, 3.05) is 0 Å². The molecule has 14 aromatic rings. The molecule has 14 rings (SSSR count). The molecule has 0 unspecified atom stereocenters. The summed E-state index contributed by atoms with van der Waals surface area (Å²) in [5.41, 5.74) is 9.66. The van der Waals surface area contributed by atoms with E-state index < -0.39 is 5.56 Å². The maximum atomic E-state index is 14.5. The van der Waals surface area contributed by atoms with Gasteiger partial charge < -0.3 is 9.40 Å². The summed E-state index contributed by atoms with van der Waals surface area (Å²) in [6.07, 6.45) is 22.8. The number of fused-ring (bicyclic) bond motifs is 5. The van der Waals surface area contributed by atoms with E-state index in [4.69, 9.17) is 24.4 Å². The molecule has 72 heavy (non-hydrogen) atoms. The Morgan fingerprint density at radius 1 is 0.458 bits per heavy atom. The summed E-state index contributed by atoms with van der Waals surface area (Å²) >= 11 is 0. The lowest BCUT2D eigenvalue weighted by Gasteiger charge is -2.13. The van der Waals surface area contributed by atoms with Crippen LogP contribution in [-0.2, 0) is 0 Å². The summed E-state index contributed by atoms with van der Waals surface area (Å²) in [5, 5.41) is 20.9. The zero-order chi connectivity index (χ0) is 48.0. The number of oxazole rings is 1. The molecule has 0 saturated carbocycles. The number of rotatable bonds is 8. The van der Waals surface area contributed by atoms with Gasteiger partial charge in [0.2, 0.25) is 5.89 Å². The Bertz CT molecular complexity index is 4670. The minimum Gasteiger partial charge on any atom is -0.435 e. The van der Waals surface area contributed by atoms with Crippen molar-refractivity contribution in [1.82, 2.24) is 89.1 Å². The number of nitrogens with one attached hydrogen (secondary N) is 4. The van der Waals surface area contributed by atoms with Gasteiger partial charge in [-0.25, -0.2) is 34.9 Å². The number of pyridine rings is 3. The van der Waals surface area contributed by atoms with Crippen LogP contribution in [0.2, 0.25) is 0 Å². The summed E-state index contributed by atoms with van der Waals surface area (Å²) < 4.78 is 10.7. The Labute approximate surface area is 399 Å². The zero-order valence-electron chi connectivity index (χ0n) is 36.8. The quantitative estimate of drug-likeness (QED) is 0.127. The molecule has 342 valence electrons. The van der Waals surface area contributed by atoms with Crippen molar-refractivity contribution in [1.29, 1.82) is 0 Å². The van der Waals surface area contributed by atoms with Crippen LogP contribution in [0.3, 0.4) is 0 Å². The molecule has 22 nitrogen and oxygen atoms in total. The predicted octanol–water partition coefficient (Wildman–Crippen LogP) is 6.49. The summed E-state index contributed by atoms with van der Waals surface area (Å²) in [6.45, 7) is 0. The molecule has 0 bridgehead atoms. The number of hydrogen-bond acceptors (Lipinski definition) is 15. The van der Waals surface area contributed by atoms with Gasteiger partial charge in [-0.05, 0) is 48.5 Å². The van der Waals surface area contributed by atoms with Crippen LogP contribution in [0.4, 0.5) is 0 Å². The number of hydrogen-bond donors (Lipinski definition) is 4. The molecule has 11 aromatic heterocycles. The Hall–Kier alpha value is -10.9. The number of aromatic nitrogens is 18. The van der Waals surface area contributed by atoms with E-state index in [-0.39, 0.29) is 39.3 Å². The topological polar surface area (TPSA) is 284 Å². The van der Waals surface area contributed by atoms with Crippen molar-refractivity contribution in [2.24, 2.45) is 0 Å². The molecule has 11 heterocycles. The zero-order valence-corrected chi connectivity index (χ0v) is 36.8. The first-order chi connectivity index (χ1) is 35.4. The van der Waals surface area contributed by atoms with E-state index in [0.29, 0.717) is 83.8 Å². The lowest BCUT2D eigenvalue weighted by atomic mass is 10.1. The lowest BCUT2D eigenvalue weighted by Crippen LogP contribution is -2.20. The second kappa shape index (κ2) is 15.6. The van der Waals surface area contributed by atoms with E-state index in [1.165, 1.54) is 32.3 Å². The first-order valence-corrected chi connectivity index (χ1v) is 22.0. The fourth-order valence-electron chi connectivity index (χ4n) is 8.96. The van der Waals surface area contributed by atoms with Crippen LogP contribution in [-0.4, -0.2) is 89.1 Å². The Balaban J connectivity index is 0.844. The average molecular weight is 945 g/mol. The predicted molar refractivity (Wildman–Crippen MR) is 263 cm³/mol. The molecule has 0 amide bonds. The normalized spacial score (nSPS) is 11.8. The van der Waals surface area contributed by atoms with Gasteiger partial charge >= 0.3 is 0 Å². The van der Waals surface area contributed by atoms with Gasteiger partial charge in [-0.3, -0.25) is 48.4 Å². The Morgan fingerprint density at radius 2 is 1.01 bits per heavy atom. The molecule has 3 aromatic carbocycles. The van der Waals surface area contributed by atoms with Crippen molar-refractivity contribution < 1.29 is 4.42 Å². The summed E-state index contributed by atoms with van der Waals surface area (Å²) in [5.74, 6) is 0.147. The van der Waals surface area contributed by atoms with Crippen molar-refractivity contribution in [3.8, 4) is 73.3 Å². The minimum atomic E-state index is -0.439. The highest BCUT2D eigenvalue weighted by molar-refractivity contribution is 5.94. The van der Waals surface area contributed by atoms with E-state index >= 15 is 0 Å². The highest BCUT2D eigenvalue weighted by Crippen LogP contribution is 2.33. The Morgan fingerprint density at radius 3 is 1.65 bits per heavy atom. The fraction of sp³-hybridized carbons (Fsp3) is 0. The first-order valence-electron chi connectivity index (χ1n) is 22.0. The van der Waals surface area contributed by atoms with Gasteiger partial charge in [-0.2, -0.15) is 15.3 Å². The first kappa shape index (κ1) is 40.2. The second-order valence-corrected chi connectivity index (χ2v) is 16.6. The van der Waals surface area contributed by atoms with Gasteiger partial charge in [0.05, 0.1) is 65.4 Å². The van der Waals surface area contributed by atoms with Crippen LogP contribution in [0.15, 0.2) is 166 Å². The standard InChI is InChI=1S/C50H28N18O4/c69-48-44-41(51-8-9-52-44)32(26-13-57-58-14-26)21-66(48)29-3-1-2-25(10-29)38-19-53-45-42(63-38)33(27-15-59-60-16-27)22-68(49(45)70)31-5-7-40-37(12-31)65-47(72-40)39-20-54-46-43(64-39)34(28-17-61-62-18-28)23-67(50(46)71)30-4-6-35-36(11-30)56-24-55-35/h1-24H,(H,55,56)(H,57,58)(H,59,60)(H,61,62). The van der Waals surface area contributed by atoms with E-state index in [2.05, 4.69) is 55.5 Å². The largest absolute Gasteiger partial charge is 0.435 e. The maximum absolute atomic E-state index is 14.5. The molecule has 0 radical (unpaired) electrons. The third-order valence-corrected chi connectivity index (χ3v) is 12.4. The molecule has 0 spiro atoms. The van der Waals surface area contributed by atoms with E-state index in [1.807, 2.05) is 42.5 Å². The third-order valence-electron chi connectivity index (χ3n) is 12.4. The van der Waals surface area contributed by atoms with Gasteiger partial charge in [0.1, 0.15) is 27.8 Å². The fourth-order valence-corrected chi connectivity index (χ4v) is 8.96. The SMILES string of the molecule is O=c1c2nccnc2c(-c2cn[nH]c2)cn1-c1cccc(-c2cnc3c(=O)n(-c4ccc5oc(-c6cnc7c(=O)n(-c8ccc9nc[nH]c9c8)cc(-c8cn[nH]c8)c7n6)nc5c4)cc(-c4cn[nH]c4)c3n2)c1. The number of aromatic amines is 4. The van der Waals surface area contributed by atoms with Crippen LogP contribution in [0.5, 0.6) is 0 Å². The molecule has 0 saturated heterocycles. The van der Waals surface area contributed by atoms with Gasteiger partial charge in [-0.1, -0.05) is 12.1 Å². The number of imidazole rings is 1. The summed E-state index contributed by atoms with van der Waals surface area (Å²) in [6, 6.07) is 18.0. The smallest absolute Gasteiger partial charge is 0.283 e. The molecular weight excluding hydrogens is 917 g/mol. The van der Waals surface area contributed by atoms with E-state index in [0.717, 1.165) is 16.6 Å². The maximum Gasteiger partial charge on any atom is 0.283 e. The van der Waals surface area contributed by atoms with E-state index in [9.17, 15) is 14.4 Å². The second-order valence-electron chi connectivity index (χ2n) is 16.6. The molecule has 0 atom stereocenters. The summed E-state index contributed by atoms with van der Waals surface area (Å²) in [4.78, 5) is 82.6. The van der Waals surface area contributed by atoms with Crippen LogP contribution < -0.4 is 16.7 Å².